The van der Waals surface area contributed by atoms with Crippen LogP contribution >= 0.6 is 34.8 Å². The van der Waals surface area contributed by atoms with Crippen molar-refractivity contribution in [3.05, 3.63) is 63.1 Å². The lowest BCUT2D eigenvalue weighted by atomic mass is 9.92. The Morgan fingerprint density at radius 3 is 2.45 bits per heavy atom. The third-order valence-electron chi connectivity index (χ3n) is 5.80. The summed E-state index contributed by atoms with van der Waals surface area (Å²) in [7, 11) is 0. The molecule has 0 bridgehead atoms. The number of ether oxygens (including phenoxy) is 1. The van der Waals surface area contributed by atoms with Gasteiger partial charge in [0, 0.05) is 24.0 Å². The first-order chi connectivity index (χ1) is 15.7. The number of piperidine rings is 1. The second-order valence-corrected chi connectivity index (χ2v) is 9.78. The maximum Gasteiger partial charge on any atom is 0.339 e. The van der Waals surface area contributed by atoms with Crippen LogP contribution in [0.2, 0.25) is 15.1 Å². The van der Waals surface area contributed by atoms with Gasteiger partial charge in [0.1, 0.15) is 0 Å². The first kappa shape index (κ1) is 23.8. The minimum absolute atomic E-state index is 0.187. The highest BCUT2D eigenvalue weighted by molar-refractivity contribution is 6.49. The number of halogens is 3. The highest BCUT2D eigenvalue weighted by Gasteiger charge is 2.26. The number of rotatable bonds is 4. The van der Waals surface area contributed by atoms with E-state index in [1.165, 1.54) is 0 Å². The number of aromatic nitrogens is 1. The fourth-order valence-electron chi connectivity index (χ4n) is 4.37. The lowest BCUT2D eigenvalue weighted by Gasteiger charge is -2.34. The van der Waals surface area contributed by atoms with E-state index < -0.39 is 5.97 Å². The minimum atomic E-state index is -0.600. The van der Waals surface area contributed by atoms with Gasteiger partial charge in [-0.1, -0.05) is 66.8 Å². The Morgan fingerprint density at radius 1 is 1.03 bits per heavy atom. The Morgan fingerprint density at radius 2 is 1.73 bits per heavy atom. The monoisotopic (exact) mass is 504 g/mol. The van der Waals surface area contributed by atoms with Crippen molar-refractivity contribution in [1.29, 1.82) is 0 Å². The maximum atomic E-state index is 13.1. The largest absolute Gasteiger partial charge is 0.452 e. The minimum Gasteiger partial charge on any atom is -0.452 e. The zero-order valence-electron chi connectivity index (χ0n) is 18.3. The van der Waals surface area contributed by atoms with Gasteiger partial charge in [0.05, 0.1) is 31.8 Å². The van der Waals surface area contributed by atoms with Crippen LogP contribution in [0.5, 0.6) is 0 Å². The van der Waals surface area contributed by atoms with Crippen LogP contribution in [0.3, 0.4) is 0 Å². The maximum absolute atomic E-state index is 13.1. The molecule has 3 aromatic rings. The van der Waals surface area contributed by atoms with Crippen LogP contribution in [0.25, 0.3) is 22.2 Å². The third kappa shape index (κ3) is 5.11. The van der Waals surface area contributed by atoms with Crippen LogP contribution < -0.4 is 0 Å². The summed E-state index contributed by atoms with van der Waals surface area (Å²) < 4.78 is 5.45. The predicted octanol–water partition coefficient (Wildman–Crippen LogP) is 6.52. The van der Waals surface area contributed by atoms with Crippen LogP contribution in [0, 0.1) is 11.8 Å². The van der Waals surface area contributed by atoms with Gasteiger partial charge >= 0.3 is 5.97 Å². The topological polar surface area (TPSA) is 59.5 Å². The SMILES string of the molecule is CC1CC(C)CN(C(=O)COC(=O)c2cc(-c3ccc(Cl)c(Cl)c3Cl)nc3ccccc23)C1. The number of carbonyl (C=O) groups excluding carboxylic acids is 2. The van der Waals surface area contributed by atoms with E-state index in [-0.39, 0.29) is 22.6 Å². The second kappa shape index (κ2) is 9.88. The van der Waals surface area contributed by atoms with Crippen LogP contribution in [0.4, 0.5) is 0 Å². The van der Waals surface area contributed by atoms with E-state index in [2.05, 4.69) is 18.8 Å². The lowest BCUT2D eigenvalue weighted by molar-refractivity contribution is -0.137. The number of amides is 1. The number of pyridine rings is 1. The number of nitrogens with zero attached hydrogens (tertiary/aromatic N) is 2. The molecule has 1 fully saturated rings. The van der Waals surface area contributed by atoms with Crippen molar-refractivity contribution in [3.8, 4) is 11.3 Å². The van der Waals surface area contributed by atoms with Gasteiger partial charge in [0.15, 0.2) is 6.61 Å². The third-order valence-corrected chi connectivity index (χ3v) is 7.09. The molecule has 2 aromatic carbocycles. The lowest BCUT2D eigenvalue weighted by Crippen LogP contribution is -2.44. The highest BCUT2D eigenvalue weighted by atomic mass is 35.5. The molecule has 1 aliphatic heterocycles. The van der Waals surface area contributed by atoms with Crippen molar-refractivity contribution in [1.82, 2.24) is 9.88 Å². The number of para-hydroxylation sites is 1. The summed E-state index contributed by atoms with van der Waals surface area (Å²) in [6.45, 7) is 5.30. The summed E-state index contributed by atoms with van der Waals surface area (Å²) in [5.41, 5.74) is 1.88. The smallest absolute Gasteiger partial charge is 0.339 e. The molecule has 0 aliphatic carbocycles. The Bertz CT molecular complexity index is 1220. The summed E-state index contributed by atoms with van der Waals surface area (Å²) in [5.74, 6) is 0.0671. The Balaban J connectivity index is 1.62. The molecule has 1 amide bonds. The summed E-state index contributed by atoms with van der Waals surface area (Å²) in [5, 5.41) is 1.40. The zero-order valence-corrected chi connectivity index (χ0v) is 20.5. The standard InChI is InChI=1S/C25H23Cl3N2O3/c1-14-9-15(2)12-30(11-14)22(31)13-33-25(32)18-10-21(29-20-6-4-3-5-16(18)20)17-7-8-19(26)24(28)23(17)27/h3-8,10,14-15H,9,11-13H2,1-2H3. The van der Waals surface area contributed by atoms with Crippen molar-refractivity contribution in [2.45, 2.75) is 20.3 Å². The van der Waals surface area contributed by atoms with Crippen molar-refractivity contribution in [3.63, 3.8) is 0 Å². The van der Waals surface area contributed by atoms with E-state index in [4.69, 9.17) is 39.5 Å². The summed E-state index contributed by atoms with van der Waals surface area (Å²) in [6.07, 6.45) is 1.09. The van der Waals surface area contributed by atoms with E-state index in [0.717, 1.165) is 6.42 Å². The molecule has 0 spiro atoms. The van der Waals surface area contributed by atoms with Gasteiger partial charge in [-0.2, -0.15) is 0 Å². The van der Waals surface area contributed by atoms with Gasteiger partial charge in [0.2, 0.25) is 0 Å². The van der Waals surface area contributed by atoms with E-state index >= 15 is 0 Å². The molecule has 1 aliphatic rings. The van der Waals surface area contributed by atoms with Crippen LogP contribution in [0.1, 0.15) is 30.6 Å². The first-order valence-corrected chi connectivity index (χ1v) is 11.9. The van der Waals surface area contributed by atoms with E-state index in [1.807, 2.05) is 12.1 Å². The zero-order chi connectivity index (χ0) is 23.7. The fourth-order valence-corrected chi connectivity index (χ4v) is 5.00. The van der Waals surface area contributed by atoms with Crippen molar-refractivity contribution in [2.24, 2.45) is 11.8 Å². The van der Waals surface area contributed by atoms with Gasteiger partial charge in [-0.05, 0) is 42.5 Å². The fraction of sp³-hybridized carbons (Fsp3) is 0.320. The molecule has 5 nitrogen and oxygen atoms in total. The molecule has 1 aromatic heterocycles. The molecule has 2 atom stereocenters. The molecule has 172 valence electrons. The molecule has 0 radical (unpaired) electrons. The molecular weight excluding hydrogens is 483 g/mol. The van der Waals surface area contributed by atoms with Crippen LogP contribution in [0.15, 0.2) is 42.5 Å². The molecule has 4 rings (SSSR count). The quantitative estimate of drug-likeness (QED) is 0.299. The van der Waals surface area contributed by atoms with Crippen molar-refractivity contribution < 1.29 is 14.3 Å². The van der Waals surface area contributed by atoms with Gasteiger partial charge in [-0.25, -0.2) is 9.78 Å². The Hall–Kier alpha value is -2.34. The average Bonchev–Trinajstić information content (AvgIpc) is 2.79. The summed E-state index contributed by atoms with van der Waals surface area (Å²) in [4.78, 5) is 32.2. The van der Waals surface area contributed by atoms with Crippen LogP contribution in [-0.2, 0) is 9.53 Å². The Labute approximate surface area is 207 Å². The summed E-state index contributed by atoms with van der Waals surface area (Å²) in [6, 6.07) is 12.1. The number of likely N-dealkylation sites (tertiary alicyclic amines) is 1. The molecule has 8 heteroatoms. The Kier molecular flexibility index (Phi) is 7.13. The number of fused-ring (bicyclic) bond motifs is 1. The predicted molar refractivity (Wildman–Crippen MR) is 132 cm³/mol. The number of benzene rings is 2. The molecule has 1 saturated heterocycles. The van der Waals surface area contributed by atoms with Gasteiger partial charge in [0.25, 0.3) is 5.91 Å². The molecule has 2 heterocycles. The molecule has 2 unspecified atom stereocenters. The molecule has 33 heavy (non-hydrogen) atoms. The normalized spacial score (nSPS) is 18.4. The molecule has 0 saturated carbocycles. The van der Waals surface area contributed by atoms with Crippen molar-refractivity contribution >= 4 is 57.6 Å². The number of hydrogen-bond donors (Lipinski definition) is 0. The van der Waals surface area contributed by atoms with Crippen molar-refractivity contribution in [2.75, 3.05) is 19.7 Å². The number of carbonyl (C=O) groups is 2. The van der Waals surface area contributed by atoms with E-state index in [9.17, 15) is 9.59 Å². The van der Waals surface area contributed by atoms with Gasteiger partial charge < -0.3 is 9.64 Å². The molecular formula is C25H23Cl3N2O3. The molecule has 0 N–H and O–H groups in total. The highest BCUT2D eigenvalue weighted by Crippen LogP contribution is 2.38. The summed E-state index contributed by atoms with van der Waals surface area (Å²) >= 11 is 18.7. The average molecular weight is 506 g/mol. The van der Waals surface area contributed by atoms with Gasteiger partial charge in [-0.15, -0.1) is 0 Å². The number of esters is 1. The van der Waals surface area contributed by atoms with Gasteiger partial charge in [-0.3, -0.25) is 4.79 Å². The van der Waals surface area contributed by atoms with E-state index in [0.29, 0.717) is 57.7 Å². The van der Waals surface area contributed by atoms with Crippen LogP contribution in [-0.4, -0.2) is 41.5 Å². The van der Waals surface area contributed by atoms with E-state index in [1.54, 1.807) is 35.2 Å². The second-order valence-electron chi connectivity index (χ2n) is 8.62. The number of hydrogen-bond acceptors (Lipinski definition) is 4. The first-order valence-electron chi connectivity index (χ1n) is 10.7.